The Labute approximate surface area is 173 Å². The minimum atomic E-state index is -0.717. The Morgan fingerprint density at radius 2 is 1.80 bits per heavy atom. The Bertz CT molecular complexity index is 974. The molecule has 9 heteroatoms. The Balaban J connectivity index is 1.73. The van der Waals surface area contributed by atoms with Gasteiger partial charge in [0.1, 0.15) is 13.2 Å². The van der Waals surface area contributed by atoms with E-state index in [1.807, 2.05) is 0 Å². The monoisotopic (exact) mass is 417 g/mol. The summed E-state index contributed by atoms with van der Waals surface area (Å²) >= 11 is 0. The first-order chi connectivity index (χ1) is 14.4. The van der Waals surface area contributed by atoms with E-state index in [1.54, 1.807) is 20.8 Å². The molecule has 3 rings (SSSR count). The minimum Gasteiger partial charge on any atom is -0.493 e. The first-order valence-corrected chi connectivity index (χ1v) is 9.41. The van der Waals surface area contributed by atoms with Crippen molar-refractivity contribution >= 4 is 17.7 Å². The molecule has 30 heavy (non-hydrogen) atoms. The third kappa shape index (κ3) is 4.10. The van der Waals surface area contributed by atoms with Crippen LogP contribution in [-0.2, 0) is 9.47 Å². The summed E-state index contributed by atoms with van der Waals surface area (Å²) in [6.07, 6.45) is 0. The number of aryl methyl sites for hydroxylation is 1. The highest BCUT2D eigenvalue weighted by molar-refractivity contribution is 6.03. The molecule has 0 unspecified atom stereocenters. The van der Waals surface area contributed by atoms with Crippen LogP contribution >= 0.6 is 0 Å². The molecule has 9 nitrogen and oxygen atoms in total. The molecule has 1 aromatic heterocycles. The molecule has 0 saturated heterocycles. The number of esters is 2. The molecule has 0 saturated carbocycles. The van der Waals surface area contributed by atoms with Gasteiger partial charge in [0, 0.05) is 5.69 Å². The minimum absolute atomic E-state index is 0.163. The van der Waals surface area contributed by atoms with Crippen LogP contribution < -0.4 is 14.2 Å². The number of fused-ring (bicyclic) bond motifs is 1. The topological polar surface area (TPSA) is 113 Å². The van der Waals surface area contributed by atoms with Crippen molar-refractivity contribution in [3.8, 4) is 17.2 Å². The second-order valence-corrected chi connectivity index (χ2v) is 6.55. The lowest BCUT2D eigenvalue weighted by molar-refractivity contribution is 0.0471. The number of benzene rings is 1. The first kappa shape index (κ1) is 21.2. The van der Waals surface area contributed by atoms with E-state index in [0.29, 0.717) is 47.3 Å². The van der Waals surface area contributed by atoms with Gasteiger partial charge in [-0.2, -0.15) is 0 Å². The van der Waals surface area contributed by atoms with Crippen LogP contribution in [0.15, 0.2) is 12.1 Å². The van der Waals surface area contributed by atoms with E-state index < -0.39 is 24.3 Å². The number of carbonyl (C=O) groups is 3. The lowest BCUT2D eigenvalue weighted by atomic mass is 10.1. The quantitative estimate of drug-likeness (QED) is 0.540. The number of nitrogens with one attached hydrogen (secondary N) is 1. The van der Waals surface area contributed by atoms with Gasteiger partial charge in [0.05, 0.1) is 30.5 Å². The number of rotatable bonds is 7. The zero-order chi connectivity index (χ0) is 21.8. The van der Waals surface area contributed by atoms with Crippen molar-refractivity contribution in [3.05, 3.63) is 40.2 Å². The molecule has 1 aliphatic rings. The molecule has 0 spiro atoms. The van der Waals surface area contributed by atoms with Gasteiger partial charge in [-0.05, 0) is 38.5 Å². The molecule has 0 fully saturated rings. The summed E-state index contributed by atoms with van der Waals surface area (Å²) in [5, 5.41) is 0. The Hall–Kier alpha value is -3.49. The summed E-state index contributed by atoms with van der Waals surface area (Å²) in [7, 11) is 1.45. The van der Waals surface area contributed by atoms with Gasteiger partial charge in [-0.25, -0.2) is 9.59 Å². The van der Waals surface area contributed by atoms with Crippen LogP contribution in [0.3, 0.4) is 0 Å². The summed E-state index contributed by atoms with van der Waals surface area (Å²) in [4.78, 5) is 40.0. The molecule has 0 amide bonds. The highest BCUT2D eigenvalue weighted by atomic mass is 16.6. The third-order valence-corrected chi connectivity index (χ3v) is 4.59. The number of hydrogen-bond acceptors (Lipinski definition) is 8. The average molecular weight is 417 g/mol. The lowest BCUT2D eigenvalue weighted by Crippen LogP contribution is -2.18. The van der Waals surface area contributed by atoms with Crippen molar-refractivity contribution in [1.29, 1.82) is 0 Å². The number of ether oxygens (including phenoxy) is 5. The van der Waals surface area contributed by atoms with Gasteiger partial charge >= 0.3 is 11.9 Å². The molecule has 1 aromatic carbocycles. The van der Waals surface area contributed by atoms with Crippen LogP contribution in [-0.4, -0.2) is 56.2 Å². The van der Waals surface area contributed by atoms with Gasteiger partial charge < -0.3 is 28.7 Å². The number of carbonyl (C=O) groups excluding carboxylic acids is 3. The van der Waals surface area contributed by atoms with E-state index in [9.17, 15) is 14.4 Å². The van der Waals surface area contributed by atoms with Gasteiger partial charge in [-0.15, -0.1) is 0 Å². The third-order valence-electron chi connectivity index (χ3n) is 4.59. The van der Waals surface area contributed by atoms with Crippen LogP contribution in [0.2, 0.25) is 0 Å². The van der Waals surface area contributed by atoms with Crippen molar-refractivity contribution in [2.45, 2.75) is 20.8 Å². The SMILES string of the molecule is CCOC(=O)c1c(C)[nH]c(C(=O)COC(=O)c2cc(OC)c3c(c2)OCCO3)c1C. The van der Waals surface area contributed by atoms with Crippen LogP contribution in [0.25, 0.3) is 0 Å². The number of H-pyrrole nitrogens is 1. The average Bonchev–Trinajstić information content (AvgIpc) is 3.05. The summed E-state index contributed by atoms with van der Waals surface area (Å²) < 4.78 is 26.4. The molecular formula is C21H23NO8. The van der Waals surface area contributed by atoms with Crippen molar-refractivity contribution in [2.24, 2.45) is 0 Å². The maximum atomic E-state index is 12.6. The van der Waals surface area contributed by atoms with Crippen LogP contribution in [0, 0.1) is 13.8 Å². The highest BCUT2D eigenvalue weighted by Gasteiger charge is 2.25. The number of methoxy groups -OCH3 is 1. The largest absolute Gasteiger partial charge is 0.493 e. The zero-order valence-corrected chi connectivity index (χ0v) is 17.2. The second kappa shape index (κ2) is 8.89. The molecule has 0 bridgehead atoms. The summed E-state index contributed by atoms with van der Waals surface area (Å²) in [5.74, 6) is -0.577. The first-order valence-electron chi connectivity index (χ1n) is 9.41. The van der Waals surface area contributed by atoms with Gasteiger partial charge in [-0.3, -0.25) is 4.79 Å². The number of ketones is 1. The molecule has 160 valence electrons. The second-order valence-electron chi connectivity index (χ2n) is 6.55. The van der Waals surface area contributed by atoms with Crippen molar-refractivity contribution in [2.75, 3.05) is 33.5 Å². The van der Waals surface area contributed by atoms with Crippen LogP contribution in [0.4, 0.5) is 0 Å². The standard InChI is InChI=1S/C21H23NO8/c1-5-27-21(25)17-11(2)18(22-12(17)3)14(23)10-30-20(24)13-8-15(26-4)19-16(9-13)28-6-7-29-19/h8-9,22H,5-7,10H2,1-4H3. The molecular weight excluding hydrogens is 394 g/mol. The summed E-state index contributed by atoms with van der Waals surface area (Å²) in [6.45, 7) is 5.46. The molecule has 0 aliphatic carbocycles. The summed E-state index contributed by atoms with van der Waals surface area (Å²) in [6, 6.07) is 2.94. The fraction of sp³-hybridized carbons (Fsp3) is 0.381. The molecule has 2 aromatic rings. The van der Waals surface area contributed by atoms with E-state index in [-0.39, 0.29) is 17.9 Å². The number of Topliss-reactive ketones (excluding diaryl/α,β-unsaturated/α-hetero) is 1. The van der Waals surface area contributed by atoms with Crippen molar-refractivity contribution in [3.63, 3.8) is 0 Å². The van der Waals surface area contributed by atoms with Gasteiger partial charge in [0.15, 0.2) is 18.1 Å². The predicted molar refractivity (Wildman–Crippen MR) is 105 cm³/mol. The normalized spacial score (nSPS) is 12.3. The smallest absolute Gasteiger partial charge is 0.340 e. The zero-order valence-electron chi connectivity index (χ0n) is 17.2. The van der Waals surface area contributed by atoms with E-state index in [2.05, 4.69) is 4.98 Å². The van der Waals surface area contributed by atoms with E-state index in [1.165, 1.54) is 19.2 Å². The van der Waals surface area contributed by atoms with Gasteiger partial charge in [-0.1, -0.05) is 0 Å². The molecule has 0 atom stereocenters. The predicted octanol–water partition coefficient (Wildman–Crippen LogP) is 2.63. The summed E-state index contributed by atoms with van der Waals surface area (Å²) in [5.41, 5.74) is 1.63. The fourth-order valence-electron chi connectivity index (χ4n) is 3.22. The molecule has 1 aliphatic heterocycles. The van der Waals surface area contributed by atoms with Gasteiger partial charge in [0.2, 0.25) is 11.5 Å². The van der Waals surface area contributed by atoms with Crippen molar-refractivity contribution in [1.82, 2.24) is 4.98 Å². The molecule has 1 N–H and O–H groups in total. The molecule has 0 radical (unpaired) electrons. The molecule has 2 heterocycles. The maximum Gasteiger partial charge on any atom is 0.340 e. The number of hydrogen-bond donors (Lipinski definition) is 1. The van der Waals surface area contributed by atoms with E-state index >= 15 is 0 Å². The maximum absolute atomic E-state index is 12.6. The number of aromatic amines is 1. The van der Waals surface area contributed by atoms with Gasteiger partial charge in [0.25, 0.3) is 0 Å². The van der Waals surface area contributed by atoms with Crippen LogP contribution in [0.5, 0.6) is 17.2 Å². The van der Waals surface area contributed by atoms with E-state index in [4.69, 9.17) is 23.7 Å². The fourth-order valence-corrected chi connectivity index (χ4v) is 3.22. The number of aromatic nitrogens is 1. The Morgan fingerprint density at radius 1 is 1.07 bits per heavy atom. The van der Waals surface area contributed by atoms with Crippen LogP contribution in [0.1, 0.15) is 49.4 Å². The van der Waals surface area contributed by atoms with Crippen molar-refractivity contribution < 1.29 is 38.1 Å². The van der Waals surface area contributed by atoms with E-state index in [0.717, 1.165) is 0 Å². The Morgan fingerprint density at radius 3 is 2.50 bits per heavy atom. The lowest BCUT2D eigenvalue weighted by Gasteiger charge is -2.21. The Kier molecular flexibility index (Phi) is 6.29. The highest BCUT2D eigenvalue weighted by Crippen LogP contribution is 2.40.